The Bertz CT molecular complexity index is 366. The van der Waals surface area contributed by atoms with Crippen LogP contribution in [-0.4, -0.2) is 18.6 Å². The van der Waals surface area contributed by atoms with Crippen molar-refractivity contribution in [3.63, 3.8) is 0 Å². The van der Waals surface area contributed by atoms with Crippen molar-refractivity contribution >= 4 is 11.3 Å². The zero-order chi connectivity index (χ0) is 13.7. The number of rotatable bonds is 6. The molecule has 2 N–H and O–H groups in total. The molecule has 1 heterocycles. The Hall–Kier alpha value is -0.380. The first-order valence-electron chi connectivity index (χ1n) is 7.61. The van der Waals surface area contributed by atoms with Crippen LogP contribution >= 0.6 is 11.3 Å². The number of thiophene rings is 1. The quantitative estimate of drug-likeness (QED) is 0.779. The summed E-state index contributed by atoms with van der Waals surface area (Å²) in [4.78, 5) is 3.17. The topological polar surface area (TPSA) is 24.1 Å². The second kappa shape index (κ2) is 6.87. The summed E-state index contributed by atoms with van der Waals surface area (Å²) < 4.78 is 0. The van der Waals surface area contributed by atoms with Gasteiger partial charge in [0.05, 0.1) is 0 Å². The SMILES string of the molecule is CC(C)(C)NCCCNCc1cc2c(s1)CCCC2. The molecule has 0 saturated carbocycles. The van der Waals surface area contributed by atoms with E-state index in [1.807, 2.05) is 11.3 Å². The van der Waals surface area contributed by atoms with Gasteiger partial charge in [-0.25, -0.2) is 0 Å². The van der Waals surface area contributed by atoms with Gasteiger partial charge in [0.15, 0.2) is 0 Å². The van der Waals surface area contributed by atoms with Crippen LogP contribution in [0.3, 0.4) is 0 Å². The van der Waals surface area contributed by atoms with Gasteiger partial charge < -0.3 is 10.6 Å². The third kappa shape index (κ3) is 5.25. The van der Waals surface area contributed by atoms with E-state index in [0.29, 0.717) is 0 Å². The van der Waals surface area contributed by atoms with Gasteiger partial charge in [0.25, 0.3) is 0 Å². The molecule has 3 heteroatoms. The van der Waals surface area contributed by atoms with Crippen LogP contribution in [-0.2, 0) is 19.4 Å². The van der Waals surface area contributed by atoms with Crippen LogP contribution in [0.5, 0.6) is 0 Å². The summed E-state index contributed by atoms with van der Waals surface area (Å²) in [5.41, 5.74) is 1.87. The summed E-state index contributed by atoms with van der Waals surface area (Å²) in [5, 5.41) is 7.09. The maximum absolute atomic E-state index is 3.57. The fourth-order valence-electron chi connectivity index (χ4n) is 2.53. The lowest BCUT2D eigenvalue weighted by molar-refractivity contribution is 0.418. The molecule has 0 spiro atoms. The van der Waals surface area contributed by atoms with E-state index in [2.05, 4.69) is 37.5 Å². The van der Waals surface area contributed by atoms with Gasteiger partial charge in [0.2, 0.25) is 0 Å². The lowest BCUT2D eigenvalue weighted by atomic mass is 9.99. The van der Waals surface area contributed by atoms with Gasteiger partial charge in [-0.05, 0) is 77.6 Å². The Morgan fingerprint density at radius 3 is 2.68 bits per heavy atom. The van der Waals surface area contributed by atoms with Crippen LogP contribution in [0.1, 0.15) is 55.4 Å². The summed E-state index contributed by atoms with van der Waals surface area (Å²) in [6, 6.07) is 2.43. The highest BCUT2D eigenvalue weighted by molar-refractivity contribution is 7.12. The van der Waals surface area contributed by atoms with Crippen molar-refractivity contribution in [1.29, 1.82) is 0 Å². The van der Waals surface area contributed by atoms with Gasteiger partial charge in [-0.15, -0.1) is 11.3 Å². The molecule has 0 aromatic carbocycles. The van der Waals surface area contributed by atoms with Crippen LogP contribution in [0.15, 0.2) is 6.07 Å². The molecule has 19 heavy (non-hydrogen) atoms. The third-order valence-electron chi connectivity index (χ3n) is 3.53. The van der Waals surface area contributed by atoms with E-state index in [-0.39, 0.29) is 5.54 Å². The molecule has 2 rings (SSSR count). The lowest BCUT2D eigenvalue weighted by Crippen LogP contribution is -2.37. The molecule has 2 nitrogen and oxygen atoms in total. The number of aryl methyl sites for hydroxylation is 2. The summed E-state index contributed by atoms with van der Waals surface area (Å²) in [7, 11) is 0. The standard InChI is InChI=1S/C16H28N2S/c1-16(2,3)18-10-6-9-17-12-14-11-13-7-4-5-8-15(13)19-14/h11,17-18H,4-10,12H2,1-3H3. The van der Waals surface area contributed by atoms with Gasteiger partial charge in [-0.3, -0.25) is 0 Å². The average Bonchev–Trinajstić information content (AvgIpc) is 2.74. The molecule has 0 amide bonds. The third-order valence-corrected chi connectivity index (χ3v) is 4.77. The van der Waals surface area contributed by atoms with Crippen LogP contribution in [0, 0.1) is 0 Å². The van der Waals surface area contributed by atoms with Crippen molar-refractivity contribution in [2.75, 3.05) is 13.1 Å². The van der Waals surface area contributed by atoms with Gasteiger partial charge in [-0.1, -0.05) is 0 Å². The molecule has 0 unspecified atom stereocenters. The minimum absolute atomic E-state index is 0.243. The first-order valence-corrected chi connectivity index (χ1v) is 8.42. The maximum atomic E-state index is 3.57. The Morgan fingerprint density at radius 2 is 1.95 bits per heavy atom. The second-order valence-electron chi connectivity index (χ2n) is 6.58. The van der Waals surface area contributed by atoms with E-state index in [1.165, 1.54) is 37.0 Å². The van der Waals surface area contributed by atoms with Crippen LogP contribution in [0.2, 0.25) is 0 Å². The molecule has 1 aromatic heterocycles. The zero-order valence-electron chi connectivity index (χ0n) is 12.6. The van der Waals surface area contributed by atoms with E-state index in [0.717, 1.165) is 19.6 Å². The van der Waals surface area contributed by atoms with Crippen LogP contribution in [0.25, 0.3) is 0 Å². The normalized spacial score (nSPS) is 15.5. The summed E-state index contributed by atoms with van der Waals surface area (Å²) in [5.74, 6) is 0. The molecule has 1 aromatic rings. The van der Waals surface area contributed by atoms with Crippen molar-refractivity contribution in [3.05, 3.63) is 21.4 Å². The van der Waals surface area contributed by atoms with Gasteiger partial charge in [0, 0.05) is 21.8 Å². The highest BCUT2D eigenvalue weighted by atomic mass is 32.1. The monoisotopic (exact) mass is 280 g/mol. The minimum atomic E-state index is 0.243. The van der Waals surface area contributed by atoms with Crippen molar-refractivity contribution in [3.8, 4) is 0 Å². The number of nitrogens with one attached hydrogen (secondary N) is 2. The van der Waals surface area contributed by atoms with Crippen molar-refractivity contribution in [2.45, 2.75) is 65.0 Å². The Labute approximate surface area is 122 Å². The fourth-order valence-corrected chi connectivity index (χ4v) is 3.76. The van der Waals surface area contributed by atoms with Gasteiger partial charge >= 0.3 is 0 Å². The molecule has 0 fully saturated rings. The Balaban J connectivity index is 1.62. The van der Waals surface area contributed by atoms with Crippen molar-refractivity contribution in [1.82, 2.24) is 10.6 Å². The van der Waals surface area contributed by atoms with E-state index in [9.17, 15) is 0 Å². The Kier molecular flexibility index (Phi) is 5.43. The number of hydrogen-bond acceptors (Lipinski definition) is 3. The molecule has 108 valence electrons. The minimum Gasteiger partial charge on any atom is -0.312 e. The molecule has 0 atom stereocenters. The first kappa shape index (κ1) is 15.0. The lowest BCUT2D eigenvalue weighted by Gasteiger charge is -2.20. The fraction of sp³-hybridized carbons (Fsp3) is 0.750. The zero-order valence-corrected chi connectivity index (χ0v) is 13.5. The molecule has 1 aliphatic carbocycles. The Morgan fingerprint density at radius 1 is 1.16 bits per heavy atom. The first-order chi connectivity index (χ1) is 9.04. The summed E-state index contributed by atoms with van der Waals surface area (Å²) >= 11 is 2.03. The number of hydrogen-bond donors (Lipinski definition) is 2. The molecule has 0 aliphatic heterocycles. The van der Waals surface area contributed by atoms with Crippen LogP contribution < -0.4 is 10.6 Å². The van der Waals surface area contributed by atoms with E-state index < -0.39 is 0 Å². The van der Waals surface area contributed by atoms with Crippen molar-refractivity contribution < 1.29 is 0 Å². The molecule has 0 bridgehead atoms. The summed E-state index contributed by atoms with van der Waals surface area (Å²) in [6.45, 7) is 9.90. The van der Waals surface area contributed by atoms with E-state index >= 15 is 0 Å². The highest BCUT2D eigenvalue weighted by Gasteiger charge is 2.12. The predicted molar refractivity (Wildman–Crippen MR) is 85.0 cm³/mol. The molecular weight excluding hydrogens is 252 g/mol. The van der Waals surface area contributed by atoms with Crippen molar-refractivity contribution in [2.24, 2.45) is 0 Å². The van der Waals surface area contributed by atoms with Gasteiger partial charge in [0.1, 0.15) is 0 Å². The van der Waals surface area contributed by atoms with Crippen LogP contribution in [0.4, 0.5) is 0 Å². The molecule has 0 saturated heterocycles. The maximum Gasteiger partial charge on any atom is 0.0299 e. The molecule has 1 aliphatic rings. The number of fused-ring (bicyclic) bond motifs is 1. The molecule has 0 radical (unpaired) electrons. The van der Waals surface area contributed by atoms with E-state index in [1.54, 1.807) is 10.4 Å². The molecular formula is C16H28N2S. The average molecular weight is 280 g/mol. The second-order valence-corrected chi connectivity index (χ2v) is 7.80. The highest BCUT2D eigenvalue weighted by Crippen LogP contribution is 2.29. The smallest absolute Gasteiger partial charge is 0.0299 e. The largest absolute Gasteiger partial charge is 0.312 e. The van der Waals surface area contributed by atoms with Gasteiger partial charge in [-0.2, -0.15) is 0 Å². The predicted octanol–water partition coefficient (Wildman–Crippen LogP) is 3.49. The van der Waals surface area contributed by atoms with E-state index in [4.69, 9.17) is 0 Å². The summed E-state index contributed by atoms with van der Waals surface area (Å²) in [6.07, 6.45) is 6.59.